The first-order valence-electron chi connectivity index (χ1n) is 18.2. The summed E-state index contributed by atoms with van der Waals surface area (Å²) in [4.78, 5) is 53.4. The number of fused-ring (bicyclic) bond motifs is 4. The minimum atomic E-state index is -1.23. The molecule has 288 valence electrons. The number of aromatic hydroxyl groups is 1. The second-order valence-electron chi connectivity index (χ2n) is 14.4. The molecule has 4 aliphatic rings. The molecule has 1 amide bonds. The second-order valence-corrected chi connectivity index (χ2v) is 14.4. The Labute approximate surface area is 330 Å². The Morgan fingerprint density at radius 3 is 1.90 bits per heavy atom. The molecule has 0 fully saturated rings. The molecule has 58 heavy (non-hydrogen) atoms. The Balaban J connectivity index is 1.15. The number of carboxylic acids is 2. The number of nitrogens with one attached hydrogen (secondary N) is 1. The monoisotopic (exact) mass is 774 g/mol. The van der Waals surface area contributed by atoms with Crippen molar-refractivity contribution in [1.82, 2.24) is 9.89 Å². The van der Waals surface area contributed by atoms with Crippen LogP contribution < -0.4 is 25.6 Å². The summed E-state index contributed by atoms with van der Waals surface area (Å²) < 4.78 is 14.3. The summed E-state index contributed by atoms with van der Waals surface area (Å²) in [5.74, 6) is -2.29. The van der Waals surface area contributed by atoms with Crippen LogP contribution in [-0.2, 0) is 6.54 Å². The van der Waals surface area contributed by atoms with Crippen molar-refractivity contribution < 1.29 is 38.5 Å². The third-order valence-electron chi connectivity index (χ3n) is 10.2. The van der Waals surface area contributed by atoms with Gasteiger partial charge in [0.2, 0.25) is 5.36 Å². The van der Waals surface area contributed by atoms with Crippen molar-refractivity contribution in [1.29, 1.82) is 0 Å². The maximum atomic E-state index is 13.6. The first-order valence-corrected chi connectivity index (χ1v) is 18.2. The molecule has 4 aromatic rings. The van der Waals surface area contributed by atoms with Crippen molar-refractivity contribution in [2.24, 2.45) is 0 Å². The van der Waals surface area contributed by atoms with E-state index in [1.807, 2.05) is 74.1 Å². The summed E-state index contributed by atoms with van der Waals surface area (Å²) in [5, 5.41) is 36.0. The van der Waals surface area contributed by atoms with E-state index in [2.05, 4.69) is 5.32 Å². The van der Waals surface area contributed by atoms with E-state index in [4.69, 9.17) is 8.83 Å². The normalized spacial score (nSPS) is 11.3. The molecule has 12 nitrogen and oxygen atoms in total. The lowest BCUT2D eigenvalue weighted by Gasteiger charge is -2.19. The summed E-state index contributed by atoms with van der Waals surface area (Å²) in [6.45, 7) is -0.0690. The summed E-state index contributed by atoms with van der Waals surface area (Å²) in [7, 11) is 7.68. The Bertz CT molecular complexity index is 3080. The van der Waals surface area contributed by atoms with Gasteiger partial charge in [-0.3, -0.25) is 9.59 Å². The van der Waals surface area contributed by atoms with Crippen molar-refractivity contribution in [2.75, 3.05) is 33.1 Å². The van der Waals surface area contributed by atoms with Gasteiger partial charge in [0, 0.05) is 89.2 Å². The van der Waals surface area contributed by atoms with Gasteiger partial charge in [0.1, 0.15) is 42.5 Å². The molecule has 12 heteroatoms. The number of amides is 1. The summed E-state index contributed by atoms with van der Waals surface area (Å²) >= 11 is 0. The van der Waals surface area contributed by atoms with Gasteiger partial charge in [0.25, 0.3) is 5.91 Å². The number of anilines is 1. The van der Waals surface area contributed by atoms with Gasteiger partial charge in [-0.25, -0.2) is 14.2 Å². The van der Waals surface area contributed by atoms with E-state index in [1.165, 1.54) is 36.4 Å². The Morgan fingerprint density at radius 2 is 1.24 bits per heavy atom. The van der Waals surface area contributed by atoms with Gasteiger partial charge >= 0.3 is 11.9 Å². The number of benzene rings is 6. The van der Waals surface area contributed by atoms with E-state index in [-0.39, 0.29) is 45.8 Å². The smallest absolute Gasteiger partial charge is 0.336 e. The summed E-state index contributed by atoms with van der Waals surface area (Å²) in [6.07, 6.45) is 0. The van der Waals surface area contributed by atoms with E-state index < -0.39 is 17.8 Å². The third-order valence-corrected chi connectivity index (χ3v) is 10.2. The molecule has 0 saturated carbocycles. The fourth-order valence-corrected chi connectivity index (χ4v) is 7.32. The van der Waals surface area contributed by atoms with Crippen LogP contribution in [0.3, 0.4) is 0 Å². The lowest BCUT2D eigenvalue weighted by Crippen LogP contribution is -2.23. The van der Waals surface area contributed by atoms with Crippen molar-refractivity contribution >= 4 is 45.5 Å². The van der Waals surface area contributed by atoms with Gasteiger partial charge < -0.3 is 34.4 Å². The van der Waals surface area contributed by atoms with Crippen LogP contribution in [0.15, 0.2) is 123 Å². The molecule has 0 saturated heterocycles. The number of rotatable bonds is 8. The maximum Gasteiger partial charge on any atom is 0.336 e. The fraction of sp³-hybridized carbons (Fsp3) is 0.109. The van der Waals surface area contributed by atoms with Crippen LogP contribution >= 0.6 is 0 Å². The standard InChI is InChI=1S/C46H35N3O9/c1-48(2)26-7-13-32-38(19-26)57-39-20-27(49(3)4)8-14-33(39)43(32)31-12-6-25(18-37(31)46(55)56)44(52)47-23-24-5-11-30(36(17-24)45(53)54)42-34-15-9-28(50)21-40(34)58-41-22-29(51)10-16-35(41)42/h5-22H,23H2,1-4H3,(H3-,47,50,51,52,53,54,55,56)/p+1. The number of aromatic carboxylic acids is 2. The van der Waals surface area contributed by atoms with Crippen molar-refractivity contribution in [3.63, 3.8) is 0 Å². The van der Waals surface area contributed by atoms with Gasteiger partial charge in [0.05, 0.1) is 17.2 Å². The zero-order chi connectivity index (χ0) is 41.0. The first kappa shape index (κ1) is 37.2. The zero-order valence-corrected chi connectivity index (χ0v) is 31.8. The molecule has 8 rings (SSSR count). The lowest BCUT2D eigenvalue weighted by atomic mass is 9.89. The van der Waals surface area contributed by atoms with Crippen LogP contribution in [0.25, 0.3) is 66.8 Å². The number of carbonyl (C=O) groups is 3. The minimum absolute atomic E-state index is 0.0649. The van der Waals surface area contributed by atoms with E-state index in [0.717, 1.165) is 11.0 Å². The molecule has 4 aromatic carbocycles. The Morgan fingerprint density at radius 1 is 0.655 bits per heavy atom. The molecule has 4 N–H and O–H groups in total. The Kier molecular flexibility index (Phi) is 9.24. The quantitative estimate of drug-likeness (QED) is 0.0913. The lowest BCUT2D eigenvalue weighted by molar-refractivity contribution is 0.0686. The third kappa shape index (κ3) is 6.66. The highest BCUT2D eigenvalue weighted by Gasteiger charge is 2.25. The van der Waals surface area contributed by atoms with Crippen molar-refractivity contribution in [2.45, 2.75) is 6.54 Å². The molecule has 2 aliphatic heterocycles. The molecule has 0 aromatic heterocycles. The number of phenols is 1. The molecule has 2 aliphatic carbocycles. The second kappa shape index (κ2) is 14.4. The topological polar surface area (TPSA) is 174 Å². The average molecular weight is 775 g/mol. The van der Waals surface area contributed by atoms with Gasteiger partial charge in [-0.05, 0) is 77.4 Å². The molecule has 0 atom stereocenters. The van der Waals surface area contributed by atoms with E-state index in [0.29, 0.717) is 61.1 Å². The fourth-order valence-electron chi connectivity index (χ4n) is 7.32. The summed E-state index contributed by atoms with van der Waals surface area (Å²) in [5.41, 5.74) is 4.93. The number of nitrogens with zero attached hydrogens (tertiary/aromatic N) is 2. The molecule has 0 bridgehead atoms. The van der Waals surface area contributed by atoms with Crippen LogP contribution in [0.1, 0.15) is 36.6 Å². The number of carbonyl (C=O) groups excluding carboxylic acids is 1. The number of carboxylic acid groups (broad SMARTS) is 2. The average Bonchev–Trinajstić information content (AvgIpc) is 3.20. The molecule has 0 radical (unpaired) electrons. The van der Waals surface area contributed by atoms with Crippen LogP contribution in [-0.4, -0.2) is 61.4 Å². The van der Waals surface area contributed by atoms with Crippen molar-refractivity contribution in [3.8, 4) is 50.7 Å². The predicted molar refractivity (Wildman–Crippen MR) is 221 cm³/mol. The summed E-state index contributed by atoms with van der Waals surface area (Å²) in [6, 6.07) is 29.5. The highest BCUT2D eigenvalue weighted by atomic mass is 16.4. The van der Waals surface area contributed by atoms with Crippen LogP contribution in [0.2, 0.25) is 0 Å². The van der Waals surface area contributed by atoms with Gasteiger partial charge in [-0.1, -0.05) is 18.2 Å². The SMILES string of the molecule is CN(C)c1ccc2c(-c3ccc(C(=O)NCc4ccc(-c5c6ccc(=O)cc-6oc6cc(O)ccc56)c(C(=O)O)c4)cc3C(=O)O)c3ccc(=[N+](C)C)cc-3oc2c1. The van der Waals surface area contributed by atoms with E-state index in [9.17, 15) is 34.5 Å². The minimum Gasteiger partial charge on any atom is -0.508 e. The van der Waals surface area contributed by atoms with Crippen LogP contribution in [0, 0.1) is 0 Å². The largest absolute Gasteiger partial charge is 0.508 e. The van der Waals surface area contributed by atoms with E-state index in [1.54, 1.807) is 36.4 Å². The first-order chi connectivity index (χ1) is 27.8. The number of hydrogen-bond acceptors (Lipinski definition) is 8. The molecular formula is C46H36N3O9+. The van der Waals surface area contributed by atoms with Gasteiger partial charge in [-0.2, -0.15) is 0 Å². The van der Waals surface area contributed by atoms with Crippen LogP contribution in [0.5, 0.6) is 5.75 Å². The molecular weight excluding hydrogens is 739 g/mol. The number of hydrogen-bond donors (Lipinski definition) is 4. The Hall–Kier alpha value is -7.73. The molecule has 0 spiro atoms. The molecule has 2 heterocycles. The van der Waals surface area contributed by atoms with Crippen LogP contribution in [0.4, 0.5) is 5.69 Å². The van der Waals surface area contributed by atoms with Crippen molar-refractivity contribution in [3.05, 3.63) is 147 Å². The highest BCUT2D eigenvalue weighted by Crippen LogP contribution is 2.44. The highest BCUT2D eigenvalue weighted by molar-refractivity contribution is 6.10. The van der Waals surface area contributed by atoms with E-state index >= 15 is 0 Å². The number of phenolic OH excluding ortho intramolecular Hbond substituents is 1. The maximum absolute atomic E-state index is 13.6. The molecule has 0 unspecified atom stereocenters. The van der Waals surface area contributed by atoms with Gasteiger partial charge in [-0.15, -0.1) is 0 Å². The predicted octanol–water partition coefficient (Wildman–Crippen LogP) is 7.21. The van der Waals surface area contributed by atoms with Gasteiger partial charge in [0.15, 0.2) is 5.43 Å². The zero-order valence-electron chi connectivity index (χ0n) is 31.8.